The van der Waals surface area contributed by atoms with Crippen molar-refractivity contribution in [2.45, 2.75) is 20.0 Å². The predicted octanol–water partition coefficient (Wildman–Crippen LogP) is 1.84. The Labute approximate surface area is 112 Å². The van der Waals surface area contributed by atoms with Crippen molar-refractivity contribution in [3.8, 4) is 5.75 Å². The fraction of sp³-hybridized carbons (Fsp3) is 0.286. The third-order valence-corrected chi connectivity index (χ3v) is 2.81. The number of amides is 1. The molecule has 1 heterocycles. The molecular formula is C14H17N3O2. The number of carbonyl (C=O) groups excluding carboxylic acids is 1. The van der Waals surface area contributed by atoms with Gasteiger partial charge in [-0.25, -0.2) is 0 Å². The maximum Gasteiger partial charge on any atom is 0.272 e. The summed E-state index contributed by atoms with van der Waals surface area (Å²) in [5.41, 5.74) is 1.46. The smallest absolute Gasteiger partial charge is 0.272 e. The summed E-state index contributed by atoms with van der Waals surface area (Å²) in [5, 5.41) is 6.99. The molecule has 0 aliphatic rings. The van der Waals surface area contributed by atoms with E-state index < -0.39 is 0 Å². The molecular weight excluding hydrogens is 242 g/mol. The molecule has 100 valence electrons. The normalized spacial score (nSPS) is 10.2. The number of benzene rings is 1. The highest BCUT2D eigenvalue weighted by Crippen LogP contribution is 2.11. The number of aromatic nitrogens is 2. The zero-order chi connectivity index (χ0) is 13.7. The summed E-state index contributed by atoms with van der Waals surface area (Å²) in [4.78, 5) is 11.9. The molecule has 19 heavy (non-hydrogen) atoms. The lowest BCUT2D eigenvalue weighted by Gasteiger charge is -2.05. The zero-order valence-corrected chi connectivity index (χ0v) is 11.1. The monoisotopic (exact) mass is 259 g/mol. The average molecular weight is 259 g/mol. The number of methoxy groups -OCH3 is 1. The van der Waals surface area contributed by atoms with Crippen molar-refractivity contribution >= 4 is 5.91 Å². The zero-order valence-electron chi connectivity index (χ0n) is 11.1. The number of ether oxygens (including phenoxy) is 1. The van der Waals surface area contributed by atoms with E-state index in [4.69, 9.17) is 4.74 Å². The van der Waals surface area contributed by atoms with Crippen LogP contribution in [0.4, 0.5) is 0 Å². The molecule has 0 bridgehead atoms. The van der Waals surface area contributed by atoms with Gasteiger partial charge in [0.2, 0.25) is 0 Å². The van der Waals surface area contributed by atoms with Gasteiger partial charge >= 0.3 is 0 Å². The molecule has 0 saturated carbocycles. The molecule has 1 N–H and O–H groups in total. The third kappa shape index (κ3) is 3.34. The average Bonchev–Trinajstić information content (AvgIpc) is 2.94. The molecule has 0 saturated heterocycles. The van der Waals surface area contributed by atoms with Crippen molar-refractivity contribution in [2.75, 3.05) is 7.11 Å². The standard InChI is InChI=1S/C14H17N3O2/c1-3-17-9-8-13(16-17)14(18)15-10-11-4-6-12(19-2)7-5-11/h4-9H,3,10H2,1-2H3,(H,15,18). The lowest BCUT2D eigenvalue weighted by Crippen LogP contribution is -2.23. The van der Waals surface area contributed by atoms with E-state index in [-0.39, 0.29) is 5.91 Å². The topological polar surface area (TPSA) is 56.2 Å². The Morgan fingerprint density at radius 3 is 2.63 bits per heavy atom. The van der Waals surface area contributed by atoms with E-state index in [9.17, 15) is 4.79 Å². The second-order valence-corrected chi connectivity index (χ2v) is 4.09. The van der Waals surface area contributed by atoms with Gasteiger partial charge in [0.05, 0.1) is 7.11 Å². The van der Waals surface area contributed by atoms with Crippen LogP contribution in [0.3, 0.4) is 0 Å². The van der Waals surface area contributed by atoms with Gasteiger partial charge in [0, 0.05) is 19.3 Å². The summed E-state index contributed by atoms with van der Waals surface area (Å²) in [6.07, 6.45) is 1.79. The molecule has 5 heteroatoms. The van der Waals surface area contributed by atoms with Gasteiger partial charge in [0.15, 0.2) is 0 Å². The van der Waals surface area contributed by atoms with Crippen LogP contribution in [0.25, 0.3) is 0 Å². The van der Waals surface area contributed by atoms with E-state index in [0.29, 0.717) is 12.2 Å². The highest BCUT2D eigenvalue weighted by molar-refractivity contribution is 5.92. The minimum atomic E-state index is -0.164. The van der Waals surface area contributed by atoms with Crippen LogP contribution in [-0.2, 0) is 13.1 Å². The molecule has 2 rings (SSSR count). The molecule has 1 aromatic carbocycles. The summed E-state index contributed by atoms with van der Waals surface area (Å²) in [6.45, 7) is 3.21. The summed E-state index contributed by atoms with van der Waals surface area (Å²) in [6, 6.07) is 9.29. The van der Waals surface area contributed by atoms with Crippen molar-refractivity contribution in [2.24, 2.45) is 0 Å². The van der Waals surface area contributed by atoms with E-state index in [2.05, 4.69) is 10.4 Å². The van der Waals surface area contributed by atoms with E-state index in [1.807, 2.05) is 31.2 Å². The Hall–Kier alpha value is -2.30. The van der Waals surface area contributed by atoms with Gasteiger partial charge in [0.25, 0.3) is 5.91 Å². The molecule has 0 radical (unpaired) electrons. The maximum absolute atomic E-state index is 11.9. The minimum Gasteiger partial charge on any atom is -0.497 e. The van der Waals surface area contributed by atoms with Crippen molar-refractivity contribution in [1.29, 1.82) is 0 Å². The molecule has 0 spiro atoms. The molecule has 1 amide bonds. The van der Waals surface area contributed by atoms with Gasteiger partial charge in [-0.1, -0.05) is 12.1 Å². The highest BCUT2D eigenvalue weighted by atomic mass is 16.5. The van der Waals surface area contributed by atoms with Gasteiger partial charge in [-0.05, 0) is 30.7 Å². The first kappa shape index (κ1) is 13.1. The number of hydrogen-bond acceptors (Lipinski definition) is 3. The number of nitrogens with one attached hydrogen (secondary N) is 1. The van der Waals surface area contributed by atoms with Crippen molar-refractivity contribution in [1.82, 2.24) is 15.1 Å². The van der Waals surface area contributed by atoms with Crippen LogP contribution in [-0.4, -0.2) is 22.8 Å². The van der Waals surface area contributed by atoms with Gasteiger partial charge in [-0.15, -0.1) is 0 Å². The van der Waals surface area contributed by atoms with Crippen LogP contribution in [0.5, 0.6) is 5.75 Å². The molecule has 0 aliphatic heterocycles. The quantitative estimate of drug-likeness (QED) is 0.891. The largest absolute Gasteiger partial charge is 0.497 e. The minimum absolute atomic E-state index is 0.164. The molecule has 0 fully saturated rings. The summed E-state index contributed by atoms with van der Waals surface area (Å²) in [5.74, 6) is 0.639. The van der Waals surface area contributed by atoms with Crippen LogP contribution in [0.1, 0.15) is 23.0 Å². The van der Waals surface area contributed by atoms with Crippen molar-refractivity contribution < 1.29 is 9.53 Å². The van der Waals surface area contributed by atoms with Gasteiger partial charge in [0.1, 0.15) is 11.4 Å². The van der Waals surface area contributed by atoms with Crippen LogP contribution in [0.15, 0.2) is 36.5 Å². The van der Waals surface area contributed by atoms with E-state index in [1.165, 1.54) is 0 Å². The Morgan fingerprint density at radius 1 is 1.32 bits per heavy atom. The molecule has 0 unspecified atom stereocenters. The van der Waals surface area contributed by atoms with E-state index in [0.717, 1.165) is 17.9 Å². The number of aryl methyl sites for hydroxylation is 1. The predicted molar refractivity (Wildman–Crippen MR) is 72.1 cm³/mol. The van der Waals surface area contributed by atoms with Gasteiger partial charge < -0.3 is 10.1 Å². The first-order valence-electron chi connectivity index (χ1n) is 6.17. The van der Waals surface area contributed by atoms with Crippen LogP contribution >= 0.6 is 0 Å². The fourth-order valence-corrected chi connectivity index (χ4v) is 1.68. The molecule has 0 atom stereocenters. The fourth-order valence-electron chi connectivity index (χ4n) is 1.68. The molecule has 2 aromatic rings. The Kier molecular flexibility index (Phi) is 4.18. The van der Waals surface area contributed by atoms with Crippen LogP contribution < -0.4 is 10.1 Å². The van der Waals surface area contributed by atoms with Crippen molar-refractivity contribution in [3.63, 3.8) is 0 Å². The number of rotatable bonds is 5. The SMILES string of the molecule is CCn1ccc(C(=O)NCc2ccc(OC)cc2)n1. The molecule has 5 nitrogen and oxygen atoms in total. The van der Waals surface area contributed by atoms with Gasteiger partial charge in [-0.3, -0.25) is 9.48 Å². The van der Waals surface area contributed by atoms with E-state index in [1.54, 1.807) is 24.1 Å². The maximum atomic E-state index is 11.9. The summed E-state index contributed by atoms with van der Waals surface area (Å²) < 4.78 is 6.80. The van der Waals surface area contributed by atoms with Gasteiger partial charge in [-0.2, -0.15) is 5.10 Å². The first-order valence-corrected chi connectivity index (χ1v) is 6.17. The summed E-state index contributed by atoms with van der Waals surface area (Å²) >= 11 is 0. The second-order valence-electron chi connectivity index (χ2n) is 4.09. The lowest BCUT2D eigenvalue weighted by molar-refractivity contribution is 0.0945. The number of hydrogen-bond donors (Lipinski definition) is 1. The summed E-state index contributed by atoms with van der Waals surface area (Å²) in [7, 11) is 1.63. The Morgan fingerprint density at radius 2 is 2.05 bits per heavy atom. The second kappa shape index (κ2) is 6.04. The Balaban J connectivity index is 1.92. The molecule has 0 aliphatic carbocycles. The highest BCUT2D eigenvalue weighted by Gasteiger charge is 2.08. The number of carbonyl (C=O) groups is 1. The lowest BCUT2D eigenvalue weighted by atomic mass is 10.2. The van der Waals surface area contributed by atoms with Crippen LogP contribution in [0, 0.1) is 0 Å². The molecule has 1 aromatic heterocycles. The third-order valence-electron chi connectivity index (χ3n) is 2.81. The van der Waals surface area contributed by atoms with E-state index >= 15 is 0 Å². The Bertz CT molecular complexity index is 546. The first-order chi connectivity index (χ1) is 9.22. The van der Waals surface area contributed by atoms with Crippen LogP contribution in [0.2, 0.25) is 0 Å². The van der Waals surface area contributed by atoms with Crippen molar-refractivity contribution in [3.05, 3.63) is 47.8 Å². The number of nitrogens with zero attached hydrogens (tertiary/aromatic N) is 2.